The van der Waals surface area contributed by atoms with Gasteiger partial charge in [-0.2, -0.15) is 0 Å². The van der Waals surface area contributed by atoms with Gasteiger partial charge in [-0.1, -0.05) is 6.07 Å². The van der Waals surface area contributed by atoms with Crippen LogP contribution in [0.5, 0.6) is 11.5 Å². The Balaban J connectivity index is 1.93. The van der Waals surface area contributed by atoms with Gasteiger partial charge in [0.1, 0.15) is 5.75 Å². The van der Waals surface area contributed by atoms with E-state index in [0.29, 0.717) is 22.7 Å². The van der Waals surface area contributed by atoms with Gasteiger partial charge in [0, 0.05) is 12.6 Å². The zero-order valence-corrected chi connectivity index (χ0v) is 16.2. The number of amides is 2. The van der Waals surface area contributed by atoms with Crippen LogP contribution in [-0.4, -0.2) is 38.6 Å². The highest BCUT2D eigenvalue weighted by atomic mass is 19.1. The summed E-state index contributed by atoms with van der Waals surface area (Å²) in [6, 6.07) is 8.80. The van der Waals surface area contributed by atoms with Crippen molar-refractivity contribution in [2.75, 3.05) is 31.5 Å². The minimum absolute atomic E-state index is 0.0666. The molecule has 2 amide bonds. The molecule has 0 spiro atoms. The summed E-state index contributed by atoms with van der Waals surface area (Å²) in [6.07, 6.45) is -0.199. The zero-order valence-electron chi connectivity index (χ0n) is 16.2. The number of hydrogen-bond acceptors (Lipinski definition) is 6. The van der Waals surface area contributed by atoms with E-state index < -0.39 is 24.3 Å². The predicted molar refractivity (Wildman–Crippen MR) is 104 cm³/mol. The van der Waals surface area contributed by atoms with Gasteiger partial charge in [-0.3, -0.25) is 14.4 Å². The third-order valence-electron chi connectivity index (χ3n) is 3.72. The molecule has 2 rings (SSSR count). The van der Waals surface area contributed by atoms with E-state index in [0.717, 1.165) is 0 Å². The van der Waals surface area contributed by atoms with E-state index in [4.69, 9.17) is 14.2 Å². The summed E-state index contributed by atoms with van der Waals surface area (Å²) in [5.41, 5.74) is 1.16. The van der Waals surface area contributed by atoms with E-state index in [2.05, 4.69) is 10.6 Å². The Labute approximate surface area is 166 Å². The maximum atomic E-state index is 13.7. The molecule has 29 heavy (non-hydrogen) atoms. The van der Waals surface area contributed by atoms with Gasteiger partial charge in [0.2, 0.25) is 5.91 Å². The summed E-state index contributed by atoms with van der Waals surface area (Å²) in [5, 5.41) is 5.14. The third kappa shape index (κ3) is 6.49. The van der Waals surface area contributed by atoms with Crippen molar-refractivity contribution in [3.63, 3.8) is 0 Å². The van der Waals surface area contributed by atoms with E-state index in [1.54, 1.807) is 12.1 Å². The van der Waals surface area contributed by atoms with Gasteiger partial charge in [-0.05, 0) is 35.9 Å². The van der Waals surface area contributed by atoms with Crippen molar-refractivity contribution < 1.29 is 33.0 Å². The van der Waals surface area contributed by atoms with E-state index >= 15 is 0 Å². The summed E-state index contributed by atoms with van der Waals surface area (Å²) in [4.78, 5) is 35.2. The maximum Gasteiger partial charge on any atom is 0.310 e. The molecule has 0 heterocycles. The summed E-state index contributed by atoms with van der Waals surface area (Å²) >= 11 is 0. The molecule has 0 aliphatic rings. The first-order valence-corrected chi connectivity index (χ1v) is 8.56. The standard InChI is InChI=1S/C20H21FN2O6/c1-12(24)22-14-5-7-18(28-3)16(10-14)23-19(25)11-29-20(26)9-13-4-6-17(27-2)15(21)8-13/h4-8,10H,9,11H2,1-3H3,(H,22,24)(H,23,25). The van der Waals surface area contributed by atoms with Crippen LogP contribution in [0.2, 0.25) is 0 Å². The fourth-order valence-corrected chi connectivity index (χ4v) is 2.46. The third-order valence-corrected chi connectivity index (χ3v) is 3.72. The first-order chi connectivity index (χ1) is 13.8. The Bertz CT molecular complexity index is 916. The van der Waals surface area contributed by atoms with Gasteiger partial charge >= 0.3 is 5.97 Å². The van der Waals surface area contributed by atoms with Crippen LogP contribution in [0.25, 0.3) is 0 Å². The second-order valence-electron chi connectivity index (χ2n) is 5.95. The lowest BCUT2D eigenvalue weighted by Crippen LogP contribution is -2.22. The molecule has 9 heteroatoms. The first kappa shape index (κ1) is 21.7. The van der Waals surface area contributed by atoms with Crippen molar-refractivity contribution in [2.45, 2.75) is 13.3 Å². The van der Waals surface area contributed by atoms with Crippen LogP contribution in [0.3, 0.4) is 0 Å². The lowest BCUT2D eigenvalue weighted by Gasteiger charge is -2.12. The molecule has 0 aromatic heterocycles. The fraction of sp³-hybridized carbons (Fsp3) is 0.250. The number of rotatable bonds is 8. The summed E-state index contributed by atoms with van der Waals surface area (Å²) in [5.74, 6) is -1.72. The van der Waals surface area contributed by atoms with Crippen LogP contribution in [-0.2, 0) is 25.5 Å². The number of carbonyl (C=O) groups excluding carboxylic acids is 3. The molecule has 2 aromatic carbocycles. The topological polar surface area (TPSA) is 103 Å². The second-order valence-corrected chi connectivity index (χ2v) is 5.95. The Morgan fingerprint density at radius 2 is 1.66 bits per heavy atom. The maximum absolute atomic E-state index is 13.7. The van der Waals surface area contributed by atoms with Crippen molar-refractivity contribution in [3.05, 3.63) is 47.8 Å². The lowest BCUT2D eigenvalue weighted by molar-refractivity contribution is -0.146. The Kier molecular flexibility index (Phi) is 7.53. The van der Waals surface area contributed by atoms with Crippen LogP contribution >= 0.6 is 0 Å². The number of nitrogens with one attached hydrogen (secondary N) is 2. The van der Waals surface area contributed by atoms with Gasteiger partial charge in [0.05, 0.1) is 26.3 Å². The smallest absolute Gasteiger partial charge is 0.310 e. The number of benzene rings is 2. The molecule has 0 saturated heterocycles. The van der Waals surface area contributed by atoms with Crippen molar-refractivity contribution >= 4 is 29.2 Å². The summed E-state index contributed by atoms with van der Waals surface area (Å²) in [7, 11) is 2.77. The zero-order chi connectivity index (χ0) is 21.4. The number of esters is 1. The van der Waals surface area contributed by atoms with Crippen molar-refractivity contribution in [1.29, 1.82) is 0 Å². The molecule has 8 nitrogen and oxygen atoms in total. The number of methoxy groups -OCH3 is 2. The average molecular weight is 404 g/mol. The average Bonchev–Trinajstić information content (AvgIpc) is 2.66. The van der Waals surface area contributed by atoms with E-state index in [-0.39, 0.29) is 18.1 Å². The number of carbonyl (C=O) groups is 3. The predicted octanol–water partition coefficient (Wildman–Crippen LogP) is 2.53. The number of anilines is 2. The van der Waals surface area contributed by atoms with Gasteiger partial charge in [-0.15, -0.1) is 0 Å². The number of halogens is 1. The van der Waals surface area contributed by atoms with Crippen LogP contribution in [0, 0.1) is 5.82 Å². The Morgan fingerprint density at radius 1 is 0.966 bits per heavy atom. The molecule has 2 N–H and O–H groups in total. The van der Waals surface area contributed by atoms with Crippen LogP contribution in [0.15, 0.2) is 36.4 Å². The van der Waals surface area contributed by atoms with Crippen LogP contribution < -0.4 is 20.1 Å². The lowest BCUT2D eigenvalue weighted by atomic mass is 10.1. The van der Waals surface area contributed by atoms with Gasteiger partial charge in [0.25, 0.3) is 5.91 Å². The molecule has 2 aromatic rings. The molecule has 0 fully saturated rings. The van der Waals surface area contributed by atoms with Crippen LogP contribution in [0.1, 0.15) is 12.5 Å². The molecule has 0 aliphatic heterocycles. The highest BCUT2D eigenvalue weighted by Gasteiger charge is 2.13. The monoisotopic (exact) mass is 404 g/mol. The number of ether oxygens (including phenoxy) is 3. The van der Waals surface area contributed by atoms with E-state index in [1.165, 1.54) is 45.4 Å². The number of hydrogen-bond donors (Lipinski definition) is 2. The quantitative estimate of drug-likeness (QED) is 0.656. The largest absolute Gasteiger partial charge is 0.495 e. The Morgan fingerprint density at radius 3 is 2.28 bits per heavy atom. The molecule has 0 saturated carbocycles. The molecule has 154 valence electrons. The summed E-state index contributed by atoms with van der Waals surface area (Å²) in [6.45, 7) is 0.821. The molecule has 0 atom stereocenters. The van der Waals surface area contributed by atoms with Crippen LogP contribution in [0.4, 0.5) is 15.8 Å². The molecule has 0 bridgehead atoms. The highest BCUT2D eigenvalue weighted by Crippen LogP contribution is 2.27. The van der Waals surface area contributed by atoms with Crippen molar-refractivity contribution in [1.82, 2.24) is 0 Å². The molecule has 0 aliphatic carbocycles. The molecule has 0 unspecified atom stereocenters. The van der Waals surface area contributed by atoms with E-state index in [1.807, 2.05) is 0 Å². The molecular weight excluding hydrogens is 383 g/mol. The second kappa shape index (κ2) is 10.1. The minimum Gasteiger partial charge on any atom is -0.495 e. The molecular formula is C20H21FN2O6. The van der Waals surface area contributed by atoms with Crippen molar-refractivity contribution in [2.24, 2.45) is 0 Å². The fourth-order valence-electron chi connectivity index (χ4n) is 2.46. The van der Waals surface area contributed by atoms with Crippen molar-refractivity contribution in [3.8, 4) is 11.5 Å². The van der Waals surface area contributed by atoms with E-state index in [9.17, 15) is 18.8 Å². The minimum atomic E-state index is -0.691. The first-order valence-electron chi connectivity index (χ1n) is 8.56. The summed E-state index contributed by atoms with van der Waals surface area (Å²) < 4.78 is 28.6. The molecule has 0 radical (unpaired) electrons. The SMILES string of the molecule is COc1ccc(CC(=O)OCC(=O)Nc2cc(NC(C)=O)ccc2OC)cc1F. The van der Waals surface area contributed by atoms with Gasteiger partial charge in [0.15, 0.2) is 18.2 Å². The van der Waals surface area contributed by atoms with Gasteiger partial charge in [-0.25, -0.2) is 4.39 Å². The normalized spacial score (nSPS) is 10.1. The highest BCUT2D eigenvalue weighted by molar-refractivity contribution is 5.96. The van der Waals surface area contributed by atoms with Gasteiger partial charge < -0.3 is 24.8 Å². The Hall–Kier alpha value is -3.62.